The van der Waals surface area contributed by atoms with Crippen molar-refractivity contribution in [3.63, 3.8) is 0 Å². The molecule has 0 atom stereocenters. The number of hydrogen-bond acceptors (Lipinski definition) is 2. The van der Waals surface area contributed by atoms with E-state index in [1.807, 2.05) is 36.4 Å². The highest BCUT2D eigenvalue weighted by molar-refractivity contribution is 5.82. The SMILES string of the molecule is Cc1ccc(CNc2ccc3ncccc3c2)cc1F. The predicted octanol–water partition coefficient (Wildman–Crippen LogP) is 4.29. The second-order valence-electron chi connectivity index (χ2n) is 4.85. The first kappa shape index (κ1) is 12.6. The summed E-state index contributed by atoms with van der Waals surface area (Å²) < 4.78 is 13.5. The Morgan fingerprint density at radius 3 is 2.85 bits per heavy atom. The monoisotopic (exact) mass is 266 g/mol. The van der Waals surface area contributed by atoms with Crippen molar-refractivity contribution in [1.29, 1.82) is 0 Å². The lowest BCUT2D eigenvalue weighted by molar-refractivity contribution is 0.616. The topological polar surface area (TPSA) is 24.9 Å². The van der Waals surface area contributed by atoms with E-state index in [-0.39, 0.29) is 5.82 Å². The minimum Gasteiger partial charge on any atom is -0.381 e. The van der Waals surface area contributed by atoms with E-state index in [0.29, 0.717) is 12.1 Å². The maximum atomic E-state index is 13.5. The number of rotatable bonds is 3. The van der Waals surface area contributed by atoms with Crippen molar-refractivity contribution in [2.24, 2.45) is 0 Å². The Kier molecular flexibility index (Phi) is 3.33. The third-order valence-electron chi connectivity index (χ3n) is 3.34. The fourth-order valence-corrected chi connectivity index (χ4v) is 2.14. The molecule has 2 nitrogen and oxygen atoms in total. The highest BCUT2D eigenvalue weighted by atomic mass is 19.1. The van der Waals surface area contributed by atoms with E-state index in [2.05, 4.69) is 10.3 Å². The van der Waals surface area contributed by atoms with E-state index in [1.165, 1.54) is 0 Å². The molecule has 0 aliphatic carbocycles. The Morgan fingerprint density at radius 2 is 2.00 bits per heavy atom. The summed E-state index contributed by atoms with van der Waals surface area (Å²) in [5.41, 5.74) is 3.58. The van der Waals surface area contributed by atoms with Gasteiger partial charge in [0.15, 0.2) is 0 Å². The lowest BCUT2D eigenvalue weighted by Gasteiger charge is -2.08. The number of benzene rings is 2. The van der Waals surface area contributed by atoms with Gasteiger partial charge in [0.2, 0.25) is 0 Å². The van der Waals surface area contributed by atoms with Gasteiger partial charge in [0.05, 0.1) is 5.52 Å². The lowest BCUT2D eigenvalue weighted by Crippen LogP contribution is -2.00. The van der Waals surface area contributed by atoms with Gasteiger partial charge in [0.1, 0.15) is 5.82 Å². The molecule has 0 radical (unpaired) electrons. The van der Waals surface area contributed by atoms with E-state index in [9.17, 15) is 4.39 Å². The van der Waals surface area contributed by atoms with Crippen LogP contribution in [0.2, 0.25) is 0 Å². The molecule has 0 saturated carbocycles. The smallest absolute Gasteiger partial charge is 0.126 e. The van der Waals surface area contributed by atoms with Gasteiger partial charge in [-0.1, -0.05) is 18.2 Å². The number of aryl methyl sites for hydroxylation is 1. The molecule has 100 valence electrons. The Bertz CT molecular complexity index is 753. The highest BCUT2D eigenvalue weighted by Crippen LogP contribution is 2.18. The molecular formula is C17H15FN2. The first-order valence-electron chi connectivity index (χ1n) is 6.56. The van der Waals surface area contributed by atoms with Gasteiger partial charge >= 0.3 is 0 Å². The Morgan fingerprint density at radius 1 is 1.10 bits per heavy atom. The number of aromatic nitrogens is 1. The summed E-state index contributed by atoms with van der Waals surface area (Å²) in [4.78, 5) is 4.28. The van der Waals surface area contributed by atoms with Crippen LogP contribution in [0.25, 0.3) is 10.9 Å². The first-order chi connectivity index (χ1) is 9.72. The molecule has 1 heterocycles. The molecule has 20 heavy (non-hydrogen) atoms. The maximum Gasteiger partial charge on any atom is 0.126 e. The lowest BCUT2D eigenvalue weighted by atomic mass is 10.1. The molecule has 0 aliphatic rings. The zero-order valence-corrected chi connectivity index (χ0v) is 11.2. The van der Waals surface area contributed by atoms with Crippen molar-refractivity contribution < 1.29 is 4.39 Å². The fourth-order valence-electron chi connectivity index (χ4n) is 2.14. The number of pyridine rings is 1. The summed E-state index contributed by atoms with van der Waals surface area (Å²) in [7, 11) is 0. The highest BCUT2D eigenvalue weighted by Gasteiger charge is 2.00. The van der Waals surface area contributed by atoms with E-state index in [0.717, 1.165) is 22.2 Å². The molecule has 0 amide bonds. The van der Waals surface area contributed by atoms with Crippen molar-refractivity contribution in [1.82, 2.24) is 4.98 Å². The summed E-state index contributed by atoms with van der Waals surface area (Å²) in [6, 6.07) is 15.3. The zero-order chi connectivity index (χ0) is 13.9. The Hall–Kier alpha value is -2.42. The molecule has 3 rings (SSSR count). The van der Waals surface area contributed by atoms with Gasteiger partial charge in [0, 0.05) is 23.8 Å². The molecule has 0 bridgehead atoms. The van der Waals surface area contributed by atoms with Crippen LogP contribution in [0.15, 0.2) is 54.7 Å². The molecular weight excluding hydrogens is 251 g/mol. The van der Waals surface area contributed by atoms with Crippen molar-refractivity contribution in [3.05, 3.63) is 71.7 Å². The second kappa shape index (κ2) is 5.29. The molecule has 1 N–H and O–H groups in total. The van der Waals surface area contributed by atoms with Crippen LogP contribution in [0.3, 0.4) is 0 Å². The number of anilines is 1. The third-order valence-corrected chi connectivity index (χ3v) is 3.34. The third kappa shape index (κ3) is 2.62. The summed E-state index contributed by atoms with van der Waals surface area (Å²) in [6.45, 7) is 2.37. The van der Waals surface area contributed by atoms with Crippen molar-refractivity contribution in [3.8, 4) is 0 Å². The van der Waals surface area contributed by atoms with Crippen LogP contribution in [0.1, 0.15) is 11.1 Å². The van der Waals surface area contributed by atoms with Gasteiger partial charge in [-0.25, -0.2) is 4.39 Å². The number of halogens is 1. The van der Waals surface area contributed by atoms with Crippen molar-refractivity contribution in [2.75, 3.05) is 5.32 Å². The van der Waals surface area contributed by atoms with Crippen LogP contribution in [-0.2, 0) is 6.54 Å². The summed E-state index contributed by atoms with van der Waals surface area (Å²) >= 11 is 0. The van der Waals surface area contributed by atoms with Crippen LogP contribution in [0.4, 0.5) is 10.1 Å². The van der Waals surface area contributed by atoms with Gasteiger partial charge in [-0.3, -0.25) is 4.98 Å². The van der Waals surface area contributed by atoms with Crippen LogP contribution in [0, 0.1) is 12.7 Å². The second-order valence-corrected chi connectivity index (χ2v) is 4.85. The maximum absolute atomic E-state index is 13.5. The standard InChI is InChI=1S/C17H15FN2/c1-12-4-5-13(9-16(12)18)11-20-15-6-7-17-14(10-15)3-2-8-19-17/h2-10,20H,11H2,1H3. The molecule has 0 fully saturated rings. The number of fused-ring (bicyclic) bond motifs is 1. The van der Waals surface area contributed by atoms with E-state index < -0.39 is 0 Å². The summed E-state index contributed by atoms with van der Waals surface area (Å²) in [5.74, 6) is -0.160. The number of nitrogens with zero attached hydrogens (tertiary/aromatic N) is 1. The van der Waals surface area contributed by atoms with Crippen LogP contribution < -0.4 is 5.32 Å². The zero-order valence-electron chi connectivity index (χ0n) is 11.2. The normalized spacial score (nSPS) is 10.7. The van der Waals surface area contributed by atoms with Crippen LogP contribution >= 0.6 is 0 Å². The van der Waals surface area contributed by atoms with Gasteiger partial charge in [0.25, 0.3) is 0 Å². The molecule has 0 aliphatic heterocycles. The van der Waals surface area contributed by atoms with Crippen molar-refractivity contribution in [2.45, 2.75) is 13.5 Å². The average molecular weight is 266 g/mol. The van der Waals surface area contributed by atoms with Gasteiger partial charge in [-0.05, 0) is 48.4 Å². The minimum atomic E-state index is -0.160. The summed E-state index contributed by atoms with van der Waals surface area (Å²) in [6.07, 6.45) is 1.78. The summed E-state index contributed by atoms with van der Waals surface area (Å²) in [5, 5.41) is 4.40. The van der Waals surface area contributed by atoms with E-state index >= 15 is 0 Å². The minimum absolute atomic E-state index is 0.160. The molecule has 2 aromatic carbocycles. The van der Waals surface area contributed by atoms with Crippen LogP contribution in [0.5, 0.6) is 0 Å². The Labute approximate surface area is 117 Å². The van der Waals surface area contributed by atoms with Crippen LogP contribution in [-0.4, -0.2) is 4.98 Å². The fraction of sp³-hybridized carbons (Fsp3) is 0.118. The molecule has 0 unspecified atom stereocenters. The quantitative estimate of drug-likeness (QED) is 0.764. The van der Waals surface area contributed by atoms with Gasteiger partial charge in [-0.2, -0.15) is 0 Å². The largest absolute Gasteiger partial charge is 0.381 e. The number of hydrogen-bond donors (Lipinski definition) is 1. The average Bonchev–Trinajstić information content (AvgIpc) is 2.48. The van der Waals surface area contributed by atoms with Gasteiger partial charge < -0.3 is 5.32 Å². The first-order valence-corrected chi connectivity index (χ1v) is 6.56. The predicted molar refractivity (Wildman–Crippen MR) is 80.2 cm³/mol. The van der Waals surface area contributed by atoms with Gasteiger partial charge in [-0.15, -0.1) is 0 Å². The molecule has 0 spiro atoms. The van der Waals surface area contributed by atoms with Crippen molar-refractivity contribution >= 4 is 16.6 Å². The molecule has 3 heteroatoms. The molecule has 3 aromatic rings. The molecule has 1 aromatic heterocycles. The molecule has 0 saturated heterocycles. The Balaban J connectivity index is 1.77. The van der Waals surface area contributed by atoms with E-state index in [1.54, 1.807) is 25.3 Å². The van der Waals surface area contributed by atoms with E-state index in [4.69, 9.17) is 0 Å². The number of nitrogens with one attached hydrogen (secondary N) is 1.